The minimum absolute atomic E-state index is 0.447. The topological polar surface area (TPSA) is 46.4 Å². The molecule has 0 N–H and O–H groups in total. The largest absolute Gasteiger partial charge is 0.473 e. The molecule has 0 spiro atoms. The fourth-order valence-corrected chi connectivity index (χ4v) is 3.42. The fourth-order valence-electron chi connectivity index (χ4n) is 3.42. The van der Waals surface area contributed by atoms with Crippen LogP contribution in [0, 0.1) is 17.8 Å². The van der Waals surface area contributed by atoms with Crippen LogP contribution in [0.2, 0.25) is 0 Å². The smallest absolute Gasteiger partial charge is 0.251 e. The third-order valence-electron chi connectivity index (χ3n) is 5.37. The van der Waals surface area contributed by atoms with Crippen LogP contribution in [0.15, 0.2) is 57.8 Å². The molecule has 0 aromatic heterocycles. The van der Waals surface area contributed by atoms with E-state index in [2.05, 4.69) is 63.4 Å². The first-order valence-corrected chi connectivity index (χ1v) is 10.6. The number of allylic oxidation sites excluding steroid dienone is 5. The summed E-state index contributed by atoms with van der Waals surface area (Å²) in [5.41, 5.74) is 2.42. The Kier molecular flexibility index (Phi) is 6.63. The van der Waals surface area contributed by atoms with Gasteiger partial charge in [-0.25, -0.2) is 0 Å². The van der Waals surface area contributed by atoms with Gasteiger partial charge in [0.05, 0.1) is 6.61 Å². The monoisotopic (exact) mass is 391 g/mol. The Hall–Kier alpha value is -2.58. The van der Waals surface area contributed by atoms with Crippen molar-refractivity contribution < 1.29 is 9.47 Å². The summed E-state index contributed by atoms with van der Waals surface area (Å²) in [7, 11) is 2.03. The van der Waals surface area contributed by atoms with Crippen molar-refractivity contribution in [1.82, 2.24) is 4.90 Å². The molecule has 0 saturated heterocycles. The van der Waals surface area contributed by atoms with E-state index >= 15 is 0 Å². The molecule has 5 heteroatoms. The minimum atomic E-state index is -0.512. The van der Waals surface area contributed by atoms with Gasteiger partial charge in [0.1, 0.15) is 6.61 Å². The Morgan fingerprint density at radius 3 is 2.83 bits per heavy atom. The Balaban J connectivity index is 1.44. The summed E-state index contributed by atoms with van der Waals surface area (Å²) in [4.78, 5) is 2.09. The number of amidine groups is 1. The summed E-state index contributed by atoms with van der Waals surface area (Å²) in [6, 6.07) is 0. The number of nitrogens with zero attached hydrogens (tertiary/aromatic N) is 3. The zero-order valence-electron chi connectivity index (χ0n) is 17.1. The maximum Gasteiger partial charge on any atom is 0.251 e. The molecular weight excluding hydrogens is 362 g/mol. The molecule has 3 aliphatic carbocycles. The van der Waals surface area contributed by atoms with E-state index in [1.54, 1.807) is 0 Å². The van der Waals surface area contributed by atoms with Crippen molar-refractivity contribution in [3.8, 4) is 11.8 Å². The van der Waals surface area contributed by atoms with E-state index in [-0.39, 0.29) is 0 Å². The lowest BCUT2D eigenvalue weighted by Gasteiger charge is -2.17. The molecule has 1 unspecified atom stereocenters. The summed E-state index contributed by atoms with van der Waals surface area (Å²) >= 11 is 0. The summed E-state index contributed by atoms with van der Waals surface area (Å²) in [6.07, 6.45) is 19.2. The SMILES string of the molecule is CN(CC1CC1)C1=NN=C(OCC2=CC=CCC2)C(OCC2=CCCC=C2)C#C1. The zero-order chi connectivity index (χ0) is 19.9. The highest BCUT2D eigenvalue weighted by molar-refractivity contribution is 6.01. The van der Waals surface area contributed by atoms with Crippen LogP contribution >= 0.6 is 0 Å². The van der Waals surface area contributed by atoms with Crippen LogP contribution in [0.1, 0.15) is 38.5 Å². The molecule has 29 heavy (non-hydrogen) atoms. The van der Waals surface area contributed by atoms with Crippen molar-refractivity contribution in [3.63, 3.8) is 0 Å². The van der Waals surface area contributed by atoms with Gasteiger partial charge in [0.15, 0.2) is 6.10 Å². The van der Waals surface area contributed by atoms with E-state index in [0.29, 0.717) is 24.9 Å². The van der Waals surface area contributed by atoms with Crippen LogP contribution in [0.5, 0.6) is 0 Å². The molecule has 1 aliphatic heterocycles. The molecule has 1 saturated carbocycles. The molecule has 4 aliphatic rings. The van der Waals surface area contributed by atoms with Crippen molar-refractivity contribution in [1.29, 1.82) is 0 Å². The standard InChI is InChI=1S/C24H29N3O2/c1-27(16-19-12-13-19)23-15-14-22(28-17-20-8-4-2-5-9-20)24(26-25-23)29-18-21-10-6-3-7-11-21/h3-4,6,8-10,19,22H,2,5,7,11-13,16-18H2,1H3. The fraction of sp³-hybridized carbons (Fsp3) is 0.500. The maximum atomic E-state index is 6.10. The quantitative estimate of drug-likeness (QED) is 0.616. The highest BCUT2D eigenvalue weighted by Gasteiger charge is 2.25. The summed E-state index contributed by atoms with van der Waals surface area (Å²) in [5, 5.41) is 8.78. The van der Waals surface area contributed by atoms with Gasteiger partial charge < -0.3 is 14.4 Å². The van der Waals surface area contributed by atoms with E-state index in [4.69, 9.17) is 9.47 Å². The van der Waals surface area contributed by atoms with Crippen molar-refractivity contribution >= 4 is 11.7 Å². The molecule has 5 nitrogen and oxygen atoms in total. The molecule has 0 amide bonds. The van der Waals surface area contributed by atoms with E-state index in [9.17, 15) is 0 Å². The molecule has 1 fully saturated rings. The van der Waals surface area contributed by atoms with E-state index in [0.717, 1.165) is 38.1 Å². The first-order valence-electron chi connectivity index (χ1n) is 10.6. The summed E-state index contributed by atoms with van der Waals surface area (Å²) < 4.78 is 12.1. The van der Waals surface area contributed by atoms with Crippen LogP contribution < -0.4 is 0 Å². The lowest BCUT2D eigenvalue weighted by molar-refractivity contribution is 0.132. The predicted octanol–water partition coefficient (Wildman–Crippen LogP) is 4.01. The highest BCUT2D eigenvalue weighted by Crippen LogP contribution is 2.29. The van der Waals surface area contributed by atoms with E-state index in [1.165, 1.54) is 24.0 Å². The van der Waals surface area contributed by atoms with Gasteiger partial charge in [-0.2, -0.15) is 0 Å². The van der Waals surface area contributed by atoms with Crippen LogP contribution in [0.4, 0.5) is 0 Å². The van der Waals surface area contributed by atoms with Crippen molar-refractivity contribution in [2.75, 3.05) is 26.8 Å². The van der Waals surface area contributed by atoms with E-state index in [1.807, 2.05) is 7.05 Å². The number of hydrogen-bond acceptors (Lipinski definition) is 5. The second-order valence-electron chi connectivity index (χ2n) is 7.99. The molecular formula is C24H29N3O2. The Morgan fingerprint density at radius 1 is 1.14 bits per heavy atom. The molecule has 0 radical (unpaired) electrons. The lowest BCUT2D eigenvalue weighted by atomic mass is 10.1. The minimum Gasteiger partial charge on any atom is -0.473 e. The highest BCUT2D eigenvalue weighted by atomic mass is 16.5. The summed E-state index contributed by atoms with van der Waals surface area (Å²) in [5.74, 6) is 8.25. The number of rotatable bonds is 7. The van der Waals surface area contributed by atoms with E-state index < -0.39 is 6.10 Å². The Bertz CT molecular complexity index is 847. The van der Waals surface area contributed by atoms with Gasteiger partial charge in [0, 0.05) is 13.6 Å². The average molecular weight is 392 g/mol. The van der Waals surface area contributed by atoms with Gasteiger partial charge in [-0.15, -0.1) is 10.2 Å². The molecule has 0 aromatic carbocycles. The van der Waals surface area contributed by atoms with Crippen LogP contribution in [-0.2, 0) is 9.47 Å². The van der Waals surface area contributed by atoms with Crippen molar-refractivity contribution in [3.05, 3.63) is 47.6 Å². The number of hydrogen-bond donors (Lipinski definition) is 0. The van der Waals surface area contributed by atoms with Crippen LogP contribution in [0.3, 0.4) is 0 Å². The third kappa shape index (κ3) is 5.95. The molecule has 1 heterocycles. The van der Waals surface area contributed by atoms with Crippen molar-refractivity contribution in [2.45, 2.75) is 44.6 Å². The third-order valence-corrected chi connectivity index (χ3v) is 5.37. The Morgan fingerprint density at radius 2 is 2.07 bits per heavy atom. The van der Waals surface area contributed by atoms with Gasteiger partial charge in [0.25, 0.3) is 5.90 Å². The Labute approximate surface area is 173 Å². The molecule has 4 rings (SSSR count). The zero-order valence-corrected chi connectivity index (χ0v) is 17.1. The number of ether oxygens (including phenoxy) is 2. The van der Waals surface area contributed by atoms with Gasteiger partial charge >= 0.3 is 0 Å². The van der Waals surface area contributed by atoms with Gasteiger partial charge in [0.2, 0.25) is 5.84 Å². The van der Waals surface area contributed by atoms with Gasteiger partial charge in [-0.1, -0.05) is 42.4 Å². The predicted molar refractivity (Wildman–Crippen MR) is 117 cm³/mol. The normalized spacial score (nSPS) is 23.1. The average Bonchev–Trinajstić information content (AvgIpc) is 3.59. The van der Waals surface area contributed by atoms with Crippen molar-refractivity contribution in [2.24, 2.45) is 16.1 Å². The molecule has 0 bridgehead atoms. The first kappa shape index (κ1) is 19.7. The van der Waals surface area contributed by atoms with Gasteiger partial charge in [-0.3, -0.25) is 0 Å². The first-order chi connectivity index (χ1) is 14.3. The van der Waals surface area contributed by atoms with Crippen LogP contribution in [-0.4, -0.2) is 49.5 Å². The second kappa shape index (κ2) is 9.76. The maximum absolute atomic E-state index is 6.10. The molecule has 1 atom stereocenters. The second-order valence-corrected chi connectivity index (χ2v) is 7.99. The lowest BCUT2D eigenvalue weighted by Crippen LogP contribution is -2.27. The summed E-state index contributed by atoms with van der Waals surface area (Å²) in [6.45, 7) is 1.97. The van der Waals surface area contributed by atoms with Crippen LogP contribution in [0.25, 0.3) is 0 Å². The van der Waals surface area contributed by atoms with Gasteiger partial charge in [-0.05, 0) is 61.5 Å². The molecule has 0 aromatic rings. The molecule has 152 valence electrons.